The molecule has 0 spiro atoms. The zero-order valence-corrected chi connectivity index (χ0v) is 17.8. The SMILES string of the molecule is O=C(CCSCCC(=O)N/N=C/c1cccc(Cl)c1)NN=Cc1cccc(Cl)c1. The molecule has 0 saturated carbocycles. The molecule has 9 heteroatoms. The van der Waals surface area contributed by atoms with Gasteiger partial charge in [0.1, 0.15) is 0 Å². The van der Waals surface area contributed by atoms with E-state index in [1.165, 1.54) is 24.2 Å². The summed E-state index contributed by atoms with van der Waals surface area (Å²) in [6, 6.07) is 14.3. The lowest BCUT2D eigenvalue weighted by atomic mass is 10.2. The molecule has 0 fully saturated rings. The molecule has 0 aliphatic heterocycles. The lowest BCUT2D eigenvalue weighted by Gasteiger charge is -2.02. The molecule has 0 radical (unpaired) electrons. The molecule has 2 aromatic rings. The zero-order chi connectivity index (χ0) is 20.9. The van der Waals surface area contributed by atoms with Gasteiger partial charge in [-0.3, -0.25) is 9.59 Å². The van der Waals surface area contributed by atoms with Gasteiger partial charge >= 0.3 is 0 Å². The minimum Gasteiger partial charge on any atom is -0.273 e. The Morgan fingerprint density at radius 3 is 1.69 bits per heavy atom. The number of halogens is 2. The molecule has 0 bridgehead atoms. The number of carbonyl (C=O) groups excluding carboxylic acids is 2. The van der Waals surface area contributed by atoms with E-state index < -0.39 is 0 Å². The van der Waals surface area contributed by atoms with Gasteiger partial charge in [-0.2, -0.15) is 22.0 Å². The lowest BCUT2D eigenvalue weighted by Crippen LogP contribution is -2.19. The Kier molecular flexibility index (Phi) is 10.3. The molecular formula is C20H20Cl2N4O2S. The fourth-order valence-corrected chi connectivity index (χ4v) is 3.34. The highest BCUT2D eigenvalue weighted by molar-refractivity contribution is 7.99. The van der Waals surface area contributed by atoms with Crippen molar-refractivity contribution in [1.29, 1.82) is 0 Å². The van der Waals surface area contributed by atoms with Crippen molar-refractivity contribution in [1.82, 2.24) is 10.9 Å². The largest absolute Gasteiger partial charge is 0.273 e. The Morgan fingerprint density at radius 1 is 0.828 bits per heavy atom. The summed E-state index contributed by atoms with van der Waals surface area (Å²) < 4.78 is 0. The molecule has 2 aromatic carbocycles. The first-order chi connectivity index (χ1) is 14.0. The first-order valence-electron chi connectivity index (χ1n) is 8.75. The number of rotatable bonds is 10. The number of amides is 2. The normalized spacial score (nSPS) is 11.1. The van der Waals surface area contributed by atoms with Crippen LogP contribution in [0.1, 0.15) is 24.0 Å². The molecule has 29 heavy (non-hydrogen) atoms. The Morgan fingerprint density at radius 2 is 1.28 bits per heavy atom. The number of benzene rings is 2. The summed E-state index contributed by atoms with van der Waals surface area (Å²) in [5, 5.41) is 9.00. The van der Waals surface area contributed by atoms with Gasteiger partial charge in [0.25, 0.3) is 0 Å². The summed E-state index contributed by atoms with van der Waals surface area (Å²) in [6.07, 6.45) is 3.69. The molecule has 2 rings (SSSR count). The quantitative estimate of drug-likeness (QED) is 0.324. The van der Waals surface area contributed by atoms with Crippen molar-refractivity contribution in [3.63, 3.8) is 0 Å². The Bertz CT molecular complexity index is 819. The average Bonchev–Trinajstić information content (AvgIpc) is 2.68. The molecule has 0 atom stereocenters. The van der Waals surface area contributed by atoms with Gasteiger partial charge in [-0.05, 0) is 35.4 Å². The molecule has 0 aliphatic rings. The Hall–Kier alpha value is -2.35. The van der Waals surface area contributed by atoms with E-state index in [-0.39, 0.29) is 11.8 Å². The van der Waals surface area contributed by atoms with Crippen LogP contribution in [0, 0.1) is 0 Å². The summed E-state index contributed by atoms with van der Waals surface area (Å²) >= 11 is 13.3. The first-order valence-corrected chi connectivity index (χ1v) is 10.7. The van der Waals surface area contributed by atoms with Crippen molar-refractivity contribution >= 4 is 59.2 Å². The van der Waals surface area contributed by atoms with E-state index in [9.17, 15) is 9.59 Å². The van der Waals surface area contributed by atoms with E-state index in [1.807, 2.05) is 12.1 Å². The summed E-state index contributed by atoms with van der Waals surface area (Å²) in [7, 11) is 0. The molecule has 0 unspecified atom stereocenters. The first kappa shape index (κ1) is 22.9. The molecule has 0 aromatic heterocycles. The zero-order valence-electron chi connectivity index (χ0n) is 15.5. The van der Waals surface area contributed by atoms with Gasteiger partial charge in [0.05, 0.1) is 12.4 Å². The van der Waals surface area contributed by atoms with Crippen LogP contribution in [0.2, 0.25) is 10.0 Å². The molecule has 2 N–H and O–H groups in total. The van der Waals surface area contributed by atoms with Crippen LogP contribution in [-0.4, -0.2) is 35.7 Å². The van der Waals surface area contributed by atoms with E-state index >= 15 is 0 Å². The predicted octanol–water partition coefficient (Wildman–Crippen LogP) is 4.11. The van der Waals surface area contributed by atoms with Gasteiger partial charge in [-0.15, -0.1) is 0 Å². The number of thioether (sulfide) groups is 1. The minimum absolute atomic E-state index is 0.189. The maximum absolute atomic E-state index is 11.7. The van der Waals surface area contributed by atoms with Crippen LogP contribution in [0.25, 0.3) is 0 Å². The summed E-state index contributed by atoms with van der Waals surface area (Å²) in [6.45, 7) is 0. The van der Waals surface area contributed by atoms with E-state index in [0.29, 0.717) is 34.4 Å². The van der Waals surface area contributed by atoms with E-state index in [0.717, 1.165) is 11.1 Å². The number of nitrogens with zero attached hydrogens (tertiary/aromatic N) is 2. The molecule has 0 heterocycles. The number of nitrogens with one attached hydrogen (secondary N) is 2. The van der Waals surface area contributed by atoms with E-state index in [4.69, 9.17) is 23.2 Å². The highest BCUT2D eigenvalue weighted by Crippen LogP contribution is 2.09. The predicted molar refractivity (Wildman–Crippen MR) is 121 cm³/mol. The number of hydrogen-bond acceptors (Lipinski definition) is 5. The smallest absolute Gasteiger partial charge is 0.240 e. The average molecular weight is 451 g/mol. The van der Waals surface area contributed by atoms with Crippen molar-refractivity contribution in [2.75, 3.05) is 11.5 Å². The van der Waals surface area contributed by atoms with Gasteiger partial charge in [0, 0.05) is 34.4 Å². The van der Waals surface area contributed by atoms with E-state index in [1.54, 1.807) is 36.4 Å². The molecule has 0 aliphatic carbocycles. The van der Waals surface area contributed by atoms with E-state index in [2.05, 4.69) is 21.1 Å². The minimum atomic E-state index is -0.189. The van der Waals surface area contributed by atoms with Crippen molar-refractivity contribution in [2.45, 2.75) is 12.8 Å². The second kappa shape index (κ2) is 13.0. The lowest BCUT2D eigenvalue weighted by molar-refractivity contribution is -0.121. The third kappa shape index (κ3) is 10.1. The van der Waals surface area contributed by atoms with Gasteiger partial charge in [-0.1, -0.05) is 47.5 Å². The van der Waals surface area contributed by atoms with Crippen LogP contribution in [0.3, 0.4) is 0 Å². The van der Waals surface area contributed by atoms with Crippen LogP contribution in [0.4, 0.5) is 0 Å². The monoisotopic (exact) mass is 450 g/mol. The van der Waals surface area contributed by atoms with Gasteiger partial charge in [0.2, 0.25) is 11.8 Å². The van der Waals surface area contributed by atoms with Crippen molar-refractivity contribution < 1.29 is 9.59 Å². The van der Waals surface area contributed by atoms with Gasteiger partial charge in [0.15, 0.2) is 0 Å². The van der Waals surface area contributed by atoms with Crippen LogP contribution >= 0.6 is 35.0 Å². The van der Waals surface area contributed by atoms with Crippen LogP contribution in [-0.2, 0) is 9.59 Å². The maximum atomic E-state index is 11.7. The summed E-state index contributed by atoms with van der Waals surface area (Å²) in [5.41, 5.74) is 6.53. The second-order valence-electron chi connectivity index (χ2n) is 5.81. The van der Waals surface area contributed by atoms with Crippen LogP contribution < -0.4 is 10.9 Å². The van der Waals surface area contributed by atoms with Crippen LogP contribution in [0.15, 0.2) is 58.7 Å². The Balaban J connectivity index is 1.54. The fraction of sp³-hybridized carbons (Fsp3) is 0.200. The standard InChI is InChI=1S/C20H20Cl2N4O2S/c21-17-5-1-3-15(11-17)13-23-25-19(27)7-9-29-10-8-20(28)26-24-14-16-4-2-6-18(22)12-16/h1-6,11-14H,7-10H2,(H,25,27)(H,26,28)/b23-13+,24-14?. The summed E-state index contributed by atoms with van der Waals surface area (Å²) in [4.78, 5) is 23.5. The maximum Gasteiger partial charge on any atom is 0.240 e. The summed E-state index contributed by atoms with van der Waals surface area (Å²) in [5.74, 6) is 0.813. The molecule has 0 saturated heterocycles. The van der Waals surface area contributed by atoms with Crippen molar-refractivity contribution in [3.8, 4) is 0 Å². The third-order valence-electron chi connectivity index (χ3n) is 3.45. The number of hydrogen-bond donors (Lipinski definition) is 2. The van der Waals surface area contributed by atoms with Crippen molar-refractivity contribution in [2.24, 2.45) is 10.2 Å². The highest BCUT2D eigenvalue weighted by Gasteiger charge is 2.02. The molecule has 6 nitrogen and oxygen atoms in total. The Labute approximate surface area is 183 Å². The van der Waals surface area contributed by atoms with Gasteiger partial charge in [-0.25, -0.2) is 10.9 Å². The highest BCUT2D eigenvalue weighted by atomic mass is 35.5. The molecular weight excluding hydrogens is 431 g/mol. The second-order valence-corrected chi connectivity index (χ2v) is 7.91. The number of hydrazone groups is 2. The van der Waals surface area contributed by atoms with Crippen LogP contribution in [0.5, 0.6) is 0 Å². The third-order valence-corrected chi connectivity index (χ3v) is 4.91. The topological polar surface area (TPSA) is 82.9 Å². The fourth-order valence-electron chi connectivity index (χ4n) is 2.07. The van der Waals surface area contributed by atoms with Gasteiger partial charge < -0.3 is 0 Å². The number of carbonyl (C=O) groups is 2. The molecule has 152 valence electrons. The van der Waals surface area contributed by atoms with Crippen molar-refractivity contribution in [3.05, 3.63) is 69.7 Å². The molecule has 2 amide bonds.